The van der Waals surface area contributed by atoms with Gasteiger partial charge in [-0.05, 0) is 97.3 Å². The molecule has 1 aromatic carbocycles. The Morgan fingerprint density at radius 2 is 1.46 bits per heavy atom. The van der Waals surface area contributed by atoms with Gasteiger partial charge in [0.1, 0.15) is 0 Å². The molecule has 2 aliphatic heterocycles. The third-order valence-electron chi connectivity index (χ3n) is 14.1. The summed E-state index contributed by atoms with van der Waals surface area (Å²) in [5.74, 6) is -0.217. The average molecular weight is 855 g/mol. The smallest absolute Gasteiger partial charge is 0.192 e. The Morgan fingerprint density at radius 3 is 2.00 bits per heavy atom. The third kappa shape index (κ3) is 12.9. The highest BCUT2D eigenvalue weighted by Crippen LogP contribution is 2.43. The highest BCUT2D eigenvalue weighted by atomic mass is 32.2. The van der Waals surface area contributed by atoms with Crippen molar-refractivity contribution >= 4 is 34.8 Å². The van der Waals surface area contributed by atoms with Gasteiger partial charge in [0.2, 0.25) is 0 Å². The maximum atomic E-state index is 14.1. The van der Waals surface area contributed by atoms with E-state index in [9.17, 15) is 8.42 Å². The first-order valence-electron chi connectivity index (χ1n) is 21.6. The molecular formula is C44H82O8SSi3. The predicted octanol–water partition coefficient (Wildman–Crippen LogP) is 11.2. The van der Waals surface area contributed by atoms with Crippen LogP contribution in [0.2, 0.25) is 54.4 Å². The van der Waals surface area contributed by atoms with E-state index in [2.05, 4.69) is 102 Å². The van der Waals surface area contributed by atoms with Crippen LogP contribution in [0.3, 0.4) is 0 Å². The van der Waals surface area contributed by atoms with E-state index in [1.807, 2.05) is 6.07 Å². The quantitative estimate of drug-likeness (QED) is 0.0686. The lowest BCUT2D eigenvalue weighted by Crippen LogP contribution is -2.49. The zero-order valence-corrected chi connectivity index (χ0v) is 42.0. The van der Waals surface area contributed by atoms with Gasteiger partial charge in [-0.25, -0.2) is 8.42 Å². The van der Waals surface area contributed by atoms with Gasteiger partial charge < -0.3 is 27.5 Å². The van der Waals surface area contributed by atoms with Gasteiger partial charge in [-0.1, -0.05) is 94.0 Å². The highest BCUT2D eigenvalue weighted by Gasteiger charge is 2.50. The second-order valence-corrected chi connectivity index (χ2v) is 36.3. The van der Waals surface area contributed by atoms with Crippen molar-refractivity contribution in [3.05, 3.63) is 42.5 Å². The van der Waals surface area contributed by atoms with Crippen LogP contribution in [0.5, 0.6) is 0 Å². The first-order valence-corrected chi connectivity index (χ1v) is 31.6. The van der Waals surface area contributed by atoms with E-state index < -0.39 is 52.9 Å². The topological polar surface area (TPSA) is 89.5 Å². The average Bonchev–Trinajstić information content (AvgIpc) is 3.42. The first-order chi connectivity index (χ1) is 25.9. The van der Waals surface area contributed by atoms with E-state index in [0.717, 1.165) is 49.6 Å². The van der Waals surface area contributed by atoms with Crippen LogP contribution in [0.1, 0.15) is 101 Å². The zero-order chi connectivity index (χ0) is 42.3. The molecule has 0 radical (unpaired) electrons. The molecule has 2 heterocycles. The van der Waals surface area contributed by atoms with Crippen molar-refractivity contribution < 1.29 is 35.9 Å². The lowest BCUT2D eigenvalue weighted by molar-refractivity contribution is -0.0759. The number of hydrogen-bond donors (Lipinski definition) is 0. The van der Waals surface area contributed by atoms with E-state index in [4.69, 9.17) is 27.5 Å². The van der Waals surface area contributed by atoms with Crippen LogP contribution in [0.4, 0.5) is 0 Å². The number of hydrogen-bond acceptors (Lipinski definition) is 8. The lowest BCUT2D eigenvalue weighted by Gasteiger charge is -2.42. The number of sulfone groups is 1. The van der Waals surface area contributed by atoms with E-state index in [1.54, 1.807) is 31.4 Å². The summed E-state index contributed by atoms with van der Waals surface area (Å²) in [5, 5.41) is 0.0477. The van der Waals surface area contributed by atoms with Gasteiger partial charge >= 0.3 is 0 Å². The van der Waals surface area contributed by atoms with Gasteiger partial charge in [0.25, 0.3) is 0 Å². The molecule has 12 heteroatoms. The Labute approximate surface area is 346 Å². The number of methoxy groups -OCH3 is 1. The molecule has 8 atom stereocenters. The molecule has 0 aromatic heterocycles. The fourth-order valence-electron chi connectivity index (χ4n) is 7.83. The summed E-state index contributed by atoms with van der Waals surface area (Å²) in [4.78, 5) is 0.314. The molecule has 0 amide bonds. The minimum absolute atomic E-state index is 0.000640. The monoisotopic (exact) mass is 855 g/mol. The van der Waals surface area contributed by atoms with Crippen LogP contribution < -0.4 is 0 Å². The molecule has 0 bridgehead atoms. The van der Waals surface area contributed by atoms with Crippen LogP contribution in [-0.4, -0.2) is 96.1 Å². The predicted molar refractivity (Wildman–Crippen MR) is 240 cm³/mol. The Balaban J connectivity index is 1.92. The van der Waals surface area contributed by atoms with Crippen molar-refractivity contribution in [1.82, 2.24) is 0 Å². The molecule has 8 nitrogen and oxygen atoms in total. The maximum Gasteiger partial charge on any atom is 0.192 e. The SMILES string of the molecule is C=C1C(C[C@@H]2OC(C[C@@H](CO[Si](C)(C)C(C)(C)C)O[Si](C)(C)C(C)(C)C)[C@H](OC)[C@H]2CS(=O)(=O)c2ccccc2)OC(CCCO[Si](CC)(CC)CC)C[C@H]1C. The fraction of sp³-hybridized carbons (Fsp3) is 0.818. The summed E-state index contributed by atoms with van der Waals surface area (Å²) in [7, 11) is -7.92. The summed E-state index contributed by atoms with van der Waals surface area (Å²) < 4.78 is 68.9. The maximum absolute atomic E-state index is 14.1. The van der Waals surface area contributed by atoms with Crippen molar-refractivity contribution in [3.8, 4) is 0 Å². The molecular weight excluding hydrogens is 773 g/mol. The van der Waals surface area contributed by atoms with Gasteiger partial charge in [-0.3, -0.25) is 0 Å². The standard InChI is InChI=1S/C44H82O8SSi3/c1-17-56(18-2,19-3)48-27-23-24-35-28-33(4)34(5)39(50-35)30-40-38(32-53(45,46)37-25-21-20-22-26-37)42(47-12)41(51-40)29-36(52-55(15,16)44(9,10)11)31-49-54(13,14)43(6,7)8/h20-22,25-26,33,35-36,38-42H,5,17-19,23-24,27-32H2,1-4,6-16H3/t33-,35?,36+,38+,39?,40+,41?,42-/m1/s1. The normalized spacial score (nSPS) is 26.5. The van der Waals surface area contributed by atoms with Crippen molar-refractivity contribution in [3.63, 3.8) is 0 Å². The Hall–Kier alpha value is -0.679. The molecule has 2 aliphatic rings. The summed E-state index contributed by atoms with van der Waals surface area (Å²) in [5.41, 5.74) is 1.06. The van der Waals surface area contributed by atoms with Crippen molar-refractivity contribution in [2.45, 2.75) is 197 Å². The zero-order valence-electron chi connectivity index (χ0n) is 38.2. The minimum atomic E-state index is -3.65. The van der Waals surface area contributed by atoms with Crippen molar-refractivity contribution in [2.75, 3.05) is 26.1 Å². The van der Waals surface area contributed by atoms with Gasteiger partial charge in [0.15, 0.2) is 34.8 Å². The van der Waals surface area contributed by atoms with Crippen LogP contribution in [0, 0.1) is 11.8 Å². The second kappa shape index (κ2) is 20.3. The molecule has 2 saturated heterocycles. The molecule has 56 heavy (non-hydrogen) atoms. The lowest BCUT2D eigenvalue weighted by atomic mass is 9.83. The Morgan fingerprint density at radius 1 is 0.875 bits per heavy atom. The first kappa shape index (κ1) is 49.7. The van der Waals surface area contributed by atoms with Crippen LogP contribution in [0.15, 0.2) is 47.4 Å². The number of benzene rings is 1. The largest absolute Gasteiger partial charge is 0.417 e. The van der Waals surface area contributed by atoms with Crippen LogP contribution in [-0.2, 0) is 37.3 Å². The highest BCUT2D eigenvalue weighted by molar-refractivity contribution is 7.91. The van der Waals surface area contributed by atoms with Gasteiger partial charge in [-0.15, -0.1) is 0 Å². The van der Waals surface area contributed by atoms with Gasteiger partial charge in [-0.2, -0.15) is 0 Å². The molecule has 3 rings (SSSR count). The minimum Gasteiger partial charge on any atom is -0.417 e. The molecule has 0 aliphatic carbocycles. The van der Waals surface area contributed by atoms with Gasteiger partial charge in [0.05, 0.1) is 53.9 Å². The molecule has 1 aromatic rings. The van der Waals surface area contributed by atoms with E-state index in [0.29, 0.717) is 24.3 Å². The summed E-state index contributed by atoms with van der Waals surface area (Å²) >= 11 is 0. The van der Waals surface area contributed by atoms with Crippen molar-refractivity contribution in [1.29, 1.82) is 0 Å². The van der Waals surface area contributed by atoms with Crippen molar-refractivity contribution in [2.24, 2.45) is 11.8 Å². The van der Waals surface area contributed by atoms with Crippen LogP contribution in [0.25, 0.3) is 0 Å². The third-order valence-corrected chi connectivity index (χ3v) is 29.6. The van der Waals surface area contributed by atoms with E-state index >= 15 is 0 Å². The second-order valence-electron chi connectivity index (χ2n) is 19.9. The molecule has 0 spiro atoms. The van der Waals surface area contributed by atoms with Crippen LogP contribution >= 0.6 is 0 Å². The number of ether oxygens (including phenoxy) is 3. The fourth-order valence-corrected chi connectivity index (χ4v) is 14.6. The molecule has 324 valence electrons. The van der Waals surface area contributed by atoms with E-state index in [-0.39, 0.29) is 46.2 Å². The van der Waals surface area contributed by atoms with Gasteiger partial charge in [0, 0.05) is 32.5 Å². The summed E-state index contributed by atoms with van der Waals surface area (Å²) in [6.07, 6.45) is 2.22. The summed E-state index contributed by atoms with van der Waals surface area (Å²) in [6.45, 7) is 37.4. The Kier molecular flexibility index (Phi) is 18.0. The molecule has 0 saturated carbocycles. The summed E-state index contributed by atoms with van der Waals surface area (Å²) in [6, 6.07) is 12.2. The number of rotatable bonds is 21. The molecule has 3 unspecified atom stereocenters. The Bertz CT molecular complexity index is 1460. The van der Waals surface area contributed by atoms with E-state index in [1.165, 1.54) is 0 Å². The molecule has 2 fully saturated rings. The molecule has 0 N–H and O–H groups in total.